The van der Waals surface area contributed by atoms with Crippen molar-refractivity contribution in [1.29, 1.82) is 0 Å². The molecule has 1 aromatic carbocycles. The highest BCUT2D eigenvalue weighted by Crippen LogP contribution is 2.22. The smallest absolute Gasteiger partial charge is 0.223 e. The molecule has 0 aliphatic carbocycles. The number of aromatic nitrogens is 4. The Hall–Kier alpha value is -1.59. The molecular formula is C13H12Cl2N4O. The van der Waals surface area contributed by atoms with E-state index in [-0.39, 0.29) is 0 Å². The SMILES string of the molecule is Cc1nc(CCn2c(CCl)nc3ccc(Cl)cc32)no1. The van der Waals surface area contributed by atoms with E-state index in [0.29, 0.717) is 35.6 Å². The summed E-state index contributed by atoms with van der Waals surface area (Å²) in [5.41, 5.74) is 1.85. The van der Waals surface area contributed by atoms with Crippen molar-refractivity contribution in [1.82, 2.24) is 19.7 Å². The summed E-state index contributed by atoms with van der Waals surface area (Å²) in [7, 11) is 0. The topological polar surface area (TPSA) is 56.7 Å². The Morgan fingerprint density at radius 3 is 2.85 bits per heavy atom. The second kappa shape index (κ2) is 5.42. The minimum atomic E-state index is 0.345. The molecule has 0 aliphatic rings. The van der Waals surface area contributed by atoms with Gasteiger partial charge in [0.1, 0.15) is 5.82 Å². The van der Waals surface area contributed by atoms with Gasteiger partial charge >= 0.3 is 0 Å². The molecule has 3 rings (SSSR count). The lowest BCUT2D eigenvalue weighted by atomic mass is 10.3. The van der Waals surface area contributed by atoms with Crippen molar-refractivity contribution in [3.63, 3.8) is 0 Å². The molecule has 0 fully saturated rings. The predicted octanol–water partition coefficient (Wildman–Crippen LogP) is 3.36. The van der Waals surface area contributed by atoms with E-state index in [4.69, 9.17) is 27.7 Å². The van der Waals surface area contributed by atoms with Gasteiger partial charge in [0.25, 0.3) is 0 Å². The average Bonchev–Trinajstić information content (AvgIpc) is 2.99. The highest BCUT2D eigenvalue weighted by atomic mass is 35.5. The van der Waals surface area contributed by atoms with E-state index in [1.165, 1.54) is 0 Å². The fraction of sp³-hybridized carbons (Fsp3) is 0.308. The number of fused-ring (bicyclic) bond motifs is 1. The van der Waals surface area contributed by atoms with Crippen LogP contribution in [0.25, 0.3) is 11.0 Å². The van der Waals surface area contributed by atoms with Gasteiger partial charge in [-0.2, -0.15) is 4.98 Å². The Labute approximate surface area is 125 Å². The molecule has 20 heavy (non-hydrogen) atoms. The van der Waals surface area contributed by atoms with Gasteiger partial charge in [-0.1, -0.05) is 16.8 Å². The minimum Gasteiger partial charge on any atom is -0.340 e. The number of rotatable bonds is 4. The lowest BCUT2D eigenvalue weighted by Crippen LogP contribution is -2.06. The first-order valence-electron chi connectivity index (χ1n) is 6.17. The standard InChI is InChI=1S/C13H12Cl2N4O/c1-8-16-12(18-20-8)4-5-19-11-6-9(15)2-3-10(11)17-13(19)7-14/h2-3,6H,4-5,7H2,1H3. The summed E-state index contributed by atoms with van der Waals surface area (Å²) in [5, 5.41) is 4.57. The maximum Gasteiger partial charge on any atom is 0.223 e. The Bertz CT molecular complexity index is 750. The van der Waals surface area contributed by atoms with E-state index in [2.05, 4.69) is 15.1 Å². The molecule has 0 spiro atoms. The number of hydrogen-bond donors (Lipinski definition) is 0. The van der Waals surface area contributed by atoms with Crippen molar-refractivity contribution in [2.24, 2.45) is 0 Å². The quantitative estimate of drug-likeness (QED) is 0.693. The van der Waals surface area contributed by atoms with Crippen molar-refractivity contribution in [3.05, 3.63) is 40.8 Å². The first-order valence-corrected chi connectivity index (χ1v) is 7.08. The average molecular weight is 311 g/mol. The van der Waals surface area contributed by atoms with Gasteiger partial charge in [-0.25, -0.2) is 4.98 Å². The highest BCUT2D eigenvalue weighted by molar-refractivity contribution is 6.31. The molecular weight excluding hydrogens is 299 g/mol. The van der Waals surface area contributed by atoms with Crippen molar-refractivity contribution >= 4 is 34.2 Å². The third kappa shape index (κ3) is 2.51. The maximum absolute atomic E-state index is 6.05. The number of hydrogen-bond acceptors (Lipinski definition) is 4. The zero-order valence-electron chi connectivity index (χ0n) is 10.8. The van der Waals surface area contributed by atoms with E-state index in [1.54, 1.807) is 6.92 Å². The summed E-state index contributed by atoms with van der Waals surface area (Å²) < 4.78 is 7.01. The molecule has 0 saturated carbocycles. The Kier molecular flexibility index (Phi) is 3.63. The fourth-order valence-corrected chi connectivity index (χ4v) is 2.52. The molecule has 2 heterocycles. The van der Waals surface area contributed by atoms with Crippen LogP contribution in [0, 0.1) is 6.92 Å². The normalized spacial score (nSPS) is 11.3. The first-order chi connectivity index (χ1) is 9.67. The van der Waals surface area contributed by atoms with Crippen LogP contribution >= 0.6 is 23.2 Å². The van der Waals surface area contributed by atoms with Crippen LogP contribution in [-0.2, 0) is 18.8 Å². The van der Waals surface area contributed by atoms with E-state index in [1.807, 2.05) is 22.8 Å². The third-order valence-electron chi connectivity index (χ3n) is 3.04. The number of nitrogens with zero attached hydrogens (tertiary/aromatic N) is 4. The summed E-state index contributed by atoms with van der Waals surface area (Å²) in [6, 6.07) is 5.60. The summed E-state index contributed by atoms with van der Waals surface area (Å²) in [6.07, 6.45) is 0.652. The molecule has 104 valence electrons. The van der Waals surface area contributed by atoms with Gasteiger partial charge in [0.05, 0.1) is 16.9 Å². The molecule has 0 unspecified atom stereocenters. The molecule has 7 heteroatoms. The van der Waals surface area contributed by atoms with E-state index in [9.17, 15) is 0 Å². The molecule has 0 aliphatic heterocycles. The number of imidazole rings is 1. The molecule has 0 N–H and O–H groups in total. The van der Waals surface area contributed by atoms with Crippen LogP contribution in [0.1, 0.15) is 17.5 Å². The number of halogens is 2. The number of aryl methyl sites for hydroxylation is 3. The van der Waals surface area contributed by atoms with Gasteiger partial charge in [-0.15, -0.1) is 11.6 Å². The summed E-state index contributed by atoms with van der Waals surface area (Å²) in [5.74, 6) is 2.39. The van der Waals surface area contributed by atoms with Crippen molar-refractivity contribution < 1.29 is 4.52 Å². The summed E-state index contributed by atoms with van der Waals surface area (Å²) in [4.78, 5) is 8.69. The molecule has 0 atom stereocenters. The van der Waals surface area contributed by atoms with Crippen LogP contribution in [0.2, 0.25) is 5.02 Å². The highest BCUT2D eigenvalue weighted by Gasteiger charge is 2.11. The Morgan fingerprint density at radius 2 is 2.15 bits per heavy atom. The second-order valence-corrected chi connectivity index (χ2v) is 5.13. The molecule has 5 nitrogen and oxygen atoms in total. The fourth-order valence-electron chi connectivity index (χ4n) is 2.15. The minimum absolute atomic E-state index is 0.345. The summed E-state index contributed by atoms with van der Waals surface area (Å²) >= 11 is 12.0. The van der Waals surface area contributed by atoms with Crippen LogP contribution in [0.5, 0.6) is 0 Å². The van der Waals surface area contributed by atoms with Crippen molar-refractivity contribution in [2.75, 3.05) is 0 Å². The van der Waals surface area contributed by atoms with E-state index < -0.39 is 0 Å². The molecule has 3 aromatic rings. The first kappa shape index (κ1) is 13.4. The van der Waals surface area contributed by atoms with Crippen molar-refractivity contribution in [2.45, 2.75) is 25.8 Å². The van der Waals surface area contributed by atoms with Crippen LogP contribution in [0.3, 0.4) is 0 Å². The molecule has 0 radical (unpaired) electrons. The lowest BCUT2D eigenvalue weighted by molar-refractivity contribution is 0.386. The van der Waals surface area contributed by atoms with Crippen LogP contribution in [-0.4, -0.2) is 19.7 Å². The van der Waals surface area contributed by atoms with Gasteiger partial charge < -0.3 is 9.09 Å². The van der Waals surface area contributed by atoms with Crippen molar-refractivity contribution in [3.8, 4) is 0 Å². The number of benzene rings is 1. The maximum atomic E-state index is 6.05. The molecule has 0 bridgehead atoms. The largest absolute Gasteiger partial charge is 0.340 e. The monoisotopic (exact) mass is 310 g/mol. The Balaban J connectivity index is 1.94. The molecule has 0 amide bonds. The lowest BCUT2D eigenvalue weighted by Gasteiger charge is -2.05. The zero-order chi connectivity index (χ0) is 14.1. The molecule has 2 aromatic heterocycles. The van der Waals surface area contributed by atoms with Gasteiger partial charge in [0, 0.05) is 24.9 Å². The van der Waals surface area contributed by atoms with Crippen LogP contribution in [0.4, 0.5) is 0 Å². The van der Waals surface area contributed by atoms with Gasteiger partial charge in [0.15, 0.2) is 5.82 Å². The Morgan fingerprint density at radius 1 is 1.30 bits per heavy atom. The van der Waals surface area contributed by atoms with Gasteiger partial charge in [-0.3, -0.25) is 0 Å². The molecule has 0 saturated heterocycles. The van der Waals surface area contributed by atoms with E-state index in [0.717, 1.165) is 16.9 Å². The predicted molar refractivity (Wildman–Crippen MR) is 77.0 cm³/mol. The van der Waals surface area contributed by atoms with Gasteiger partial charge in [0.2, 0.25) is 5.89 Å². The van der Waals surface area contributed by atoms with Crippen LogP contribution in [0.15, 0.2) is 22.7 Å². The third-order valence-corrected chi connectivity index (χ3v) is 3.51. The number of alkyl halides is 1. The second-order valence-electron chi connectivity index (χ2n) is 4.43. The van der Waals surface area contributed by atoms with E-state index >= 15 is 0 Å². The van der Waals surface area contributed by atoms with Crippen LogP contribution < -0.4 is 0 Å². The zero-order valence-corrected chi connectivity index (χ0v) is 12.3. The van der Waals surface area contributed by atoms with Gasteiger partial charge in [-0.05, 0) is 18.2 Å². The summed E-state index contributed by atoms with van der Waals surface area (Å²) in [6.45, 7) is 2.45.